The van der Waals surface area contributed by atoms with E-state index in [4.69, 9.17) is 5.73 Å². The number of benzene rings is 2. The smallest absolute Gasteiger partial charge is 0.183 e. The summed E-state index contributed by atoms with van der Waals surface area (Å²) in [5.41, 5.74) is 8.28. The Labute approximate surface area is 127 Å². The monoisotopic (exact) mass is 297 g/mol. The summed E-state index contributed by atoms with van der Waals surface area (Å²) in [6.07, 6.45) is 0.343. The van der Waals surface area contributed by atoms with Crippen LogP contribution in [0.15, 0.2) is 70.9 Å². The number of hydrogen-bond acceptors (Lipinski definition) is 5. The molecule has 0 amide bonds. The van der Waals surface area contributed by atoms with E-state index in [-0.39, 0.29) is 5.17 Å². The minimum Gasteiger partial charge on any atom is -0.377 e. The van der Waals surface area contributed by atoms with Crippen molar-refractivity contribution in [1.82, 2.24) is 0 Å². The van der Waals surface area contributed by atoms with Gasteiger partial charge in [0, 0.05) is 6.42 Å². The number of thioether (sulfide) groups is 1. The van der Waals surface area contributed by atoms with E-state index in [2.05, 4.69) is 10.2 Å². The van der Waals surface area contributed by atoms with Crippen LogP contribution in [0.4, 0.5) is 0 Å². The van der Waals surface area contributed by atoms with Crippen LogP contribution in [0.3, 0.4) is 0 Å². The largest absolute Gasteiger partial charge is 0.377 e. The summed E-state index contributed by atoms with van der Waals surface area (Å²) in [6.45, 7) is 0. The number of hydrogen-bond donors (Lipinski definition) is 2. The van der Waals surface area contributed by atoms with Crippen LogP contribution < -0.4 is 5.73 Å². The second-order valence-electron chi connectivity index (χ2n) is 4.78. The van der Waals surface area contributed by atoms with Gasteiger partial charge in [-0.3, -0.25) is 0 Å². The van der Waals surface area contributed by atoms with Gasteiger partial charge in [-0.15, -0.1) is 5.10 Å². The first-order valence-electron chi connectivity index (χ1n) is 6.60. The lowest BCUT2D eigenvalue weighted by molar-refractivity contribution is 0.147. The molecule has 1 aliphatic rings. The molecule has 1 atom stereocenters. The fourth-order valence-electron chi connectivity index (χ4n) is 2.25. The van der Waals surface area contributed by atoms with Crippen molar-refractivity contribution in [2.75, 3.05) is 0 Å². The molecular formula is C16H15N3OS. The SMILES string of the molecule is NC1=NN=C(c2ccccc2)CC(O)(c2ccccc2)S1. The lowest BCUT2D eigenvalue weighted by Gasteiger charge is -2.26. The van der Waals surface area contributed by atoms with Gasteiger partial charge in [0.15, 0.2) is 5.17 Å². The molecule has 21 heavy (non-hydrogen) atoms. The molecule has 106 valence electrons. The Morgan fingerprint density at radius 3 is 2.24 bits per heavy atom. The minimum atomic E-state index is -1.17. The zero-order valence-electron chi connectivity index (χ0n) is 11.3. The van der Waals surface area contributed by atoms with Crippen LogP contribution in [0.25, 0.3) is 0 Å². The molecule has 3 N–H and O–H groups in total. The van der Waals surface area contributed by atoms with Crippen LogP contribution in [0.2, 0.25) is 0 Å². The van der Waals surface area contributed by atoms with Crippen molar-refractivity contribution >= 4 is 22.6 Å². The highest BCUT2D eigenvalue weighted by atomic mass is 32.2. The van der Waals surface area contributed by atoms with Gasteiger partial charge in [-0.2, -0.15) is 5.10 Å². The third-order valence-corrected chi connectivity index (χ3v) is 4.29. The van der Waals surface area contributed by atoms with Crippen LogP contribution in [-0.2, 0) is 4.93 Å². The van der Waals surface area contributed by atoms with Crippen molar-refractivity contribution in [2.24, 2.45) is 15.9 Å². The Bertz CT molecular complexity index is 685. The number of nitrogens with zero attached hydrogens (tertiary/aromatic N) is 2. The highest BCUT2D eigenvalue weighted by Crippen LogP contribution is 2.39. The maximum Gasteiger partial charge on any atom is 0.183 e. The number of amidine groups is 1. The number of rotatable bonds is 2. The molecule has 1 heterocycles. The fourth-order valence-corrected chi connectivity index (χ4v) is 3.14. The van der Waals surface area contributed by atoms with E-state index in [9.17, 15) is 5.11 Å². The Kier molecular flexibility index (Phi) is 3.77. The second kappa shape index (κ2) is 5.71. The van der Waals surface area contributed by atoms with Gasteiger partial charge in [0.2, 0.25) is 0 Å². The van der Waals surface area contributed by atoms with Gasteiger partial charge >= 0.3 is 0 Å². The van der Waals surface area contributed by atoms with Crippen LogP contribution in [0.5, 0.6) is 0 Å². The van der Waals surface area contributed by atoms with E-state index in [1.807, 2.05) is 60.7 Å². The Morgan fingerprint density at radius 1 is 0.952 bits per heavy atom. The van der Waals surface area contributed by atoms with Crippen LogP contribution in [-0.4, -0.2) is 16.0 Å². The molecule has 5 heteroatoms. The van der Waals surface area contributed by atoms with Crippen LogP contribution in [0, 0.1) is 0 Å². The zero-order valence-corrected chi connectivity index (χ0v) is 12.1. The van der Waals surface area contributed by atoms with Gasteiger partial charge in [0.25, 0.3) is 0 Å². The lowest BCUT2D eigenvalue weighted by atomic mass is 9.99. The predicted molar refractivity (Wildman–Crippen MR) is 87.1 cm³/mol. The summed E-state index contributed by atoms with van der Waals surface area (Å²) in [7, 11) is 0. The molecule has 0 saturated carbocycles. The third kappa shape index (κ3) is 2.99. The average Bonchev–Trinajstić information content (AvgIpc) is 2.68. The molecule has 0 radical (unpaired) electrons. The number of nitrogens with two attached hydrogens (primary N) is 1. The third-order valence-electron chi connectivity index (χ3n) is 3.28. The van der Waals surface area contributed by atoms with Gasteiger partial charge < -0.3 is 10.8 Å². The maximum atomic E-state index is 11.0. The van der Waals surface area contributed by atoms with E-state index in [0.717, 1.165) is 28.6 Å². The molecule has 0 fully saturated rings. The van der Waals surface area contributed by atoms with Gasteiger partial charge in [-0.1, -0.05) is 60.7 Å². The highest BCUT2D eigenvalue weighted by Gasteiger charge is 2.35. The van der Waals surface area contributed by atoms with Crippen molar-refractivity contribution in [2.45, 2.75) is 11.4 Å². The molecule has 0 spiro atoms. The molecule has 0 aliphatic carbocycles. The Morgan fingerprint density at radius 2 is 1.57 bits per heavy atom. The van der Waals surface area contributed by atoms with Gasteiger partial charge in [-0.25, -0.2) is 0 Å². The topological polar surface area (TPSA) is 71.0 Å². The lowest BCUT2D eigenvalue weighted by Crippen LogP contribution is -2.28. The van der Waals surface area contributed by atoms with Crippen molar-refractivity contribution in [3.05, 3.63) is 71.8 Å². The minimum absolute atomic E-state index is 0.257. The standard InChI is InChI=1S/C16H15N3OS/c17-15-19-18-14(12-7-3-1-4-8-12)11-16(20,21-15)13-9-5-2-6-10-13/h1-10,20H,11H2,(H2,17,19). The van der Waals surface area contributed by atoms with Crippen LogP contribution >= 0.6 is 11.8 Å². The van der Waals surface area contributed by atoms with Crippen molar-refractivity contribution in [1.29, 1.82) is 0 Å². The molecule has 2 aromatic carbocycles. The Balaban J connectivity index is 2.02. The average molecular weight is 297 g/mol. The maximum absolute atomic E-state index is 11.0. The predicted octanol–water partition coefficient (Wildman–Crippen LogP) is 2.69. The van der Waals surface area contributed by atoms with E-state index >= 15 is 0 Å². The molecule has 0 bridgehead atoms. The first-order chi connectivity index (χ1) is 10.2. The normalized spacial score (nSPS) is 22.1. The van der Waals surface area contributed by atoms with Crippen molar-refractivity contribution in [3.8, 4) is 0 Å². The fraction of sp³-hybridized carbons (Fsp3) is 0.125. The van der Waals surface area contributed by atoms with E-state index in [1.54, 1.807) is 0 Å². The van der Waals surface area contributed by atoms with Crippen molar-refractivity contribution in [3.63, 3.8) is 0 Å². The van der Waals surface area contributed by atoms with E-state index < -0.39 is 4.93 Å². The van der Waals surface area contributed by atoms with Crippen LogP contribution in [0.1, 0.15) is 17.5 Å². The molecular weight excluding hydrogens is 282 g/mol. The molecule has 4 nitrogen and oxygen atoms in total. The summed E-state index contributed by atoms with van der Waals surface area (Å²) in [4.78, 5) is -1.17. The highest BCUT2D eigenvalue weighted by molar-refractivity contribution is 8.14. The number of aliphatic hydroxyl groups is 1. The first-order valence-corrected chi connectivity index (χ1v) is 7.41. The summed E-state index contributed by atoms with van der Waals surface area (Å²) in [5.74, 6) is 0. The zero-order chi connectivity index (χ0) is 14.7. The Hall–Kier alpha value is -2.11. The quantitative estimate of drug-likeness (QED) is 0.895. The second-order valence-corrected chi connectivity index (χ2v) is 6.08. The van der Waals surface area contributed by atoms with Gasteiger partial charge in [0.1, 0.15) is 4.93 Å². The van der Waals surface area contributed by atoms with E-state index in [1.165, 1.54) is 0 Å². The summed E-state index contributed by atoms with van der Waals surface area (Å²) in [6, 6.07) is 19.2. The molecule has 3 rings (SSSR count). The molecule has 2 aromatic rings. The molecule has 1 aliphatic heterocycles. The van der Waals surface area contributed by atoms with Crippen molar-refractivity contribution < 1.29 is 5.11 Å². The first kappa shape index (κ1) is 13.9. The summed E-state index contributed by atoms with van der Waals surface area (Å²) >= 11 is 1.13. The van der Waals surface area contributed by atoms with Gasteiger partial charge in [0.05, 0.1) is 5.71 Å². The summed E-state index contributed by atoms with van der Waals surface area (Å²) in [5, 5.41) is 19.5. The van der Waals surface area contributed by atoms with Gasteiger partial charge in [-0.05, 0) is 22.9 Å². The molecule has 0 aromatic heterocycles. The summed E-state index contributed by atoms with van der Waals surface area (Å²) < 4.78 is 0. The molecule has 0 saturated heterocycles. The molecule has 1 unspecified atom stereocenters. The van der Waals surface area contributed by atoms with E-state index in [0.29, 0.717) is 6.42 Å².